The van der Waals surface area contributed by atoms with Crippen LogP contribution >= 0.6 is 0 Å². The third-order valence-corrected chi connectivity index (χ3v) is 5.00. The van der Waals surface area contributed by atoms with E-state index in [4.69, 9.17) is 19.3 Å². The third kappa shape index (κ3) is 6.31. The van der Waals surface area contributed by atoms with E-state index in [1.165, 1.54) is 4.90 Å². The van der Waals surface area contributed by atoms with Crippen molar-refractivity contribution in [3.63, 3.8) is 0 Å². The molecule has 2 aliphatic rings. The van der Waals surface area contributed by atoms with Crippen LogP contribution in [0.25, 0.3) is 0 Å². The van der Waals surface area contributed by atoms with Crippen LogP contribution in [-0.4, -0.2) is 72.4 Å². The number of benzene rings is 1. The Morgan fingerprint density at radius 3 is 2.62 bits per heavy atom. The summed E-state index contributed by atoms with van der Waals surface area (Å²) in [4.78, 5) is 25.3. The predicted molar refractivity (Wildman–Crippen MR) is 103 cm³/mol. The molecule has 2 aliphatic heterocycles. The summed E-state index contributed by atoms with van der Waals surface area (Å²) in [5, 5.41) is 21.0. The van der Waals surface area contributed by atoms with Gasteiger partial charge in [-0.1, -0.05) is 12.1 Å². The monoisotopic (exact) mass is 408 g/mol. The number of carbonyl (C=O) groups excluding carboxylic acids is 1. The number of ether oxygens (including phenoxy) is 3. The van der Waals surface area contributed by atoms with E-state index in [0.717, 1.165) is 25.9 Å². The second-order valence-corrected chi connectivity index (χ2v) is 7.19. The summed E-state index contributed by atoms with van der Waals surface area (Å²) in [6.45, 7) is 2.12. The Bertz CT molecular complexity index is 676. The zero-order chi connectivity index (χ0) is 20.6. The van der Waals surface area contributed by atoms with E-state index >= 15 is 0 Å². The van der Waals surface area contributed by atoms with Gasteiger partial charge in [-0.05, 0) is 43.4 Å². The maximum Gasteiger partial charge on any atom is 0.405 e. The lowest BCUT2D eigenvalue weighted by atomic mass is 10.1. The number of carboxylic acid groups (broad SMARTS) is 1. The normalized spacial score (nSPS) is 22.9. The first-order chi connectivity index (χ1) is 14.0. The lowest BCUT2D eigenvalue weighted by Crippen LogP contribution is -2.41. The molecule has 0 aliphatic carbocycles. The number of aliphatic hydroxyl groups is 1. The highest BCUT2D eigenvalue weighted by Crippen LogP contribution is 2.22. The molecule has 0 bridgehead atoms. The van der Waals surface area contributed by atoms with Crippen LogP contribution in [0.2, 0.25) is 0 Å². The minimum Gasteiger partial charge on any atom is -0.491 e. The Morgan fingerprint density at radius 2 is 2.00 bits per heavy atom. The molecule has 3 N–H and O–H groups in total. The fourth-order valence-electron chi connectivity index (χ4n) is 3.47. The first-order valence-electron chi connectivity index (χ1n) is 9.95. The largest absolute Gasteiger partial charge is 0.491 e. The van der Waals surface area contributed by atoms with Gasteiger partial charge in [-0.3, -0.25) is 4.79 Å². The van der Waals surface area contributed by atoms with Gasteiger partial charge in [0.1, 0.15) is 18.4 Å². The highest BCUT2D eigenvalue weighted by atomic mass is 16.7. The van der Waals surface area contributed by atoms with Gasteiger partial charge >= 0.3 is 6.09 Å². The molecule has 160 valence electrons. The topological polar surface area (TPSA) is 118 Å². The summed E-state index contributed by atoms with van der Waals surface area (Å²) in [7, 11) is 0. The first kappa shape index (κ1) is 21.4. The fourth-order valence-corrected chi connectivity index (χ4v) is 3.47. The Kier molecular flexibility index (Phi) is 7.68. The van der Waals surface area contributed by atoms with Crippen LogP contribution in [0.4, 0.5) is 4.79 Å². The van der Waals surface area contributed by atoms with Crippen molar-refractivity contribution in [2.24, 2.45) is 0 Å². The predicted octanol–water partition coefficient (Wildman–Crippen LogP) is 1.51. The van der Waals surface area contributed by atoms with E-state index in [2.05, 4.69) is 5.32 Å². The van der Waals surface area contributed by atoms with Crippen molar-refractivity contribution in [1.29, 1.82) is 0 Å². The molecule has 1 aromatic carbocycles. The molecule has 0 radical (unpaired) electrons. The number of carbonyl (C=O) groups is 2. The molecule has 9 nitrogen and oxygen atoms in total. The molecule has 29 heavy (non-hydrogen) atoms. The number of hydrogen-bond donors (Lipinski definition) is 3. The summed E-state index contributed by atoms with van der Waals surface area (Å²) >= 11 is 0. The second kappa shape index (κ2) is 10.4. The van der Waals surface area contributed by atoms with E-state index in [1.54, 1.807) is 24.3 Å². The fraction of sp³-hybridized carbons (Fsp3) is 0.600. The van der Waals surface area contributed by atoms with Crippen molar-refractivity contribution >= 4 is 12.0 Å². The van der Waals surface area contributed by atoms with Gasteiger partial charge in [0.15, 0.2) is 6.29 Å². The van der Waals surface area contributed by atoms with E-state index in [1.807, 2.05) is 0 Å². The summed E-state index contributed by atoms with van der Waals surface area (Å²) in [5.41, 5.74) is 0.512. The average Bonchev–Trinajstić information content (AvgIpc) is 3.16. The van der Waals surface area contributed by atoms with Gasteiger partial charge in [0.2, 0.25) is 5.91 Å². The van der Waals surface area contributed by atoms with Crippen molar-refractivity contribution < 1.29 is 34.0 Å². The molecule has 3 atom stereocenters. The van der Waals surface area contributed by atoms with Crippen molar-refractivity contribution in [3.8, 4) is 5.75 Å². The SMILES string of the molecule is O=C(O)N[C@H](C(=O)N1CC[C@H](O)C1)c1ccc(OCCOC2CCCCO2)cc1. The van der Waals surface area contributed by atoms with Crippen LogP contribution in [0.15, 0.2) is 24.3 Å². The summed E-state index contributed by atoms with van der Waals surface area (Å²) in [6, 6.07) is 5.67. The second-order valence-electron chi connectivity index (χ2n) is 7.19. The number of aliphatic hydroxyl groups excluding tert-OH is 1. The van der Waals surface area contributed by atoms with Crippen LogP contribution in [0.3, 0.4) is 0 Å². The number of rotatable bonds is 8. The number of β-amino-alcohol motifs (C(OH)–C–C–N with tert-alkyl or cyclic N) is 1. The van der Waals surface area contributed by atoms with Gasteiger partial charge in [0.25, 0.3) is 0 Å². The van der Waals surface area contributed by atoms with Gasteiger partial charge < -0.3 is 34.6 Å². The van der Waals surface area contributed by atoms with Crippen molar-refractivity contribution in [3.05, 3.63) is 29.8 Å². The van der Waals surface area contributed by atoms with Crippen molar-refractivity contribution in [2.75, 3.05) is 32.9 Å². The minimum atomic E-state index is -1.29. The molecular formula is C20H28N2O7. The highest BCUT2D eigenvalue weighted by Gasteiger charge is 2.32. The third-order valence-electron chi connectivity index (χ3n) is 5.00. The minimum absolute atomic E-state index is 0.160. The molecular weight excluding hydrogens is 380 g/mol. The van der Waals surface area contributed by atoms with Gasteiger partial charge in [0.05, 0.1) is 12.7 Å². The molecule has 2 heterocycles. The molecule has 2 amide bonds. The zero-order valence-electron chi connectivity index (χ0n) is 16.3. The molecule has 2 saturated heterocycles. The van der Waals surface area contributed by atoms with E-state index < -0.39 is 18.2 Å². The lowest BCUT2D eigenvalue weighted by Gasteiger charge is -2.24. The maximum absolute atomic E-state index is 12.7. The summed E-state index contributed by atoms with van der Waals surface area (Å²) < 4.78 is 16.7. The summed E-state index contributed by atoms with van der Waals surface area (Å²) in [5.74, 6) is 0.221. The van der Waals surface area contributed by atoms with Crippen LogP contribution in [-0.2, 0) is 14.3 Å². The Morgan fingerprint density at radius 1 is 1.21 bits per heavy atom. The molecule has 2 fully saturated rings. The molecule has 0 aromatic heterocycles. The maximum atomic E-state index is 12.7. The lowest BCUT2D eigenvalue weighted by molar-refractivity contribution is -0.165. The number of likely N-dealkylation sites (tertiary alicyclic amines) is 1. The van der Waals surface area contributed by atoms with E-state index in [0.29, 0.717) is 37.5 Å². The molecule has 1 unspecified atom stereocenters. The van der Waals surface area contributed by atoms with Gasteiger partial charge in [-0.2, -0.15) is 0 Å². The number of amides is 2. The van der Waals surface area contributed by atoms with Gasteiger partial charge in [-0.25, -0.2) is 4.79 Å². The van der Waals surface area contributed by atoms with Gasteiger partial charge in [0, 0.05) is 19.7 Å². The van der Waals surface area contributed by atoms with E-state index in [-0.39, 0.29) is 18.7 Å². The van der Waals surface area contributed by atoms with Crippen LogP contribution in [0.5, 0.6) is 5.75 Å². The van der Waals surface area contributed by atoms with E-state index in [9.17, 15) is 14.7 Å². The van der Waals surface area contributed by atoms with Gasteiger partial charge in [-0.15, -0.1) is 0 Å². The van der Waals surface area contributed by atoms with Crippen LogP contribution in [0, 0.1) is 0 Å². The molecule has 0 spiro atoms. The van der Waals surface area contributed by atoms with Crippen LogP contribution < -0.4 is 10.1 Å². The zero-order valence-corrected chi connectivity index (χ0v) is 16.3. The Labute approximate surface area is 169 Å². The summed E-state index contributed by atoms with van der Waals surface area (Å²) in [6.07, 6.45) is 1.55. The smallest absolute Gasteiger partial charge is 0.405 e. The Hall–Kier alpha value is -2.36. The first-order valence-corrected chi connectivity index (χ1v) is 9.95. The van der Waals surface area contributed by atoms with Crippen molar-refractivity contribution in [1.82, 2.24) is 10.2 Å². The quantitative estimate of drug-likeness (QED) is 0.558. The molecule has 0 saturated carbocycles. The number of nitrogens with zero attached hydrogens (tertiary/aromatic N) is 1. The molecule has 1 aromatic rings. The standard InChI is InChI=1S/C20H28N2O7/c23-15-8-9-22(13-15)19(24)18(21-20(25)26)14-4-6-16(7-5-14)27-11-12-29-17-3-1-2-10-28-17/h4-7,15,17-18,21,23H,1-3,8-13H2,(H,25,26)/t15-,17?,18-/m0/s1. The van der Waals surface area contributed by atoms with Crippen molar-refractivity contribution in [2.45, 2.75) is 44.1 Å². The number of nitrogens with one attached hydrogen (secondary N) is 1. The highest BCUT2D eigenvalue weighted by molar-refractivity contribution is 5.86. The molecule has 3 rings (SSSR count). The number of hydrogen-bond acceptors (Lipinski definition) is 6. The Balaban J connectivity index is 1.52. The molecule has 9 heteroatoms. The van der Waals surface area contributed by atoms with Crippen LogP contribution in [0.1, 0.15) is 37.3 Å². The average molecular weight is 408 g/mol.